The first-order valence-electron chi connectivity index (χ1n) is 8.51. The number of benzene rings is 1. The molecule has 2 atom stereocenters. The summed E-state index contributed by atoms with van der Waals surface area (Å²) in [5.41, 5.74) is 1.73. The minimum absolute atomic E-state index is 0.0689. The summed E-state index contributed by atoms with van der Waals surface area (Å²) in [4.78, 5) is 12.1. The predicted molar refractivity (Wildman–Crippen MR) is 103 cm³/mol. The monoisotopic (exact) mass is 383 g/mol. The summed E-state index contributed by atoms with van der Waals surface area (Å²) in [5.74, 6) is -0.316. The van der Waals surface area contributed by atoms with Gasteiger partial charge in [-0.05, 0) is 58.2 Å². The highest BCUT2D eigenvalue weighted by Crippen LogP contribution is 2.30. The van der Waals surface area contributed by atoms with Gasteiger partial charge in [0.05, 0.1) is 24.8 Å². The summed E-state index contributed by atoms with van der Waals surface area (Å²) < 4.78 is 19.7. The summed E-state index contributed by atoms with van der Waals surface area (Å²) in [7, 11) is 0. The molecule has 4 nitrogen and oxygen atoms in total. The van der Waals surface area contributed by atoms with Gasteiger partial charge < -0.3 is 9.29 Å². The number of esters is 1. The van der Waals surface area contributed by atoms with E-state index in [0.29, 0.717) is 30.2 Å². The maximum Gasteiger partial charge on any atom is 0.335 e. The molecule has 6 heteroatoms. The highest BCUT2D eigenvalue weighted by molar-refractivity contribution is 7.90. The summed E-state index contributed by atoms with van der Waals surface area (Å²) in [6.45, 7) is 8.32. The zero-order valence-corrected chi connectivity index (χ0v) is 16.8. The third kappa shape index (κ3) is 5.48. The normalized spacial score (nSPS) is 20.1. The van der Waals surface area contributed by atoms with Crippen molar-refractivity contribution >= 4 is 28.9 Å². The van der Waals surface area contributed by atoms with Gasteiger partial charge in [-0.1, -0.05) is 29.8 Å². The van der Waals surface area contributed by atoms with Gasteiger partial charge in [0, 0.05) is 16.4 Å². The maximum absolute atomic E-state index is 13.0. The van der Waals surface area contributed by atoms with Crippen molar-refractivity contribution in [2.24, 2.45) is 0 Å². The Morgan fingerprint density at radius 3 is 2.56 bits per heavy atom. The zero-order valence-electron chi connectivity index (χ0n) is 15.3. The Hall–Kier alpha value is -1.01. The lowest BCUT2D eigenvalue weighted by Gasteiger charge is -2.39. The molecule has 0 amide bonds. The Labute approximate surface area is 158 Å². The van der Waals surface area contributed by atoms with Crippen LogP contribution in [0.1, 0.15) is 39.7 Å². The average molecular weight is 384 g/mol. The molecule has 1 heterocycles. The second kappa shape index (κ2) is 8.58. The minimum Gasteiger partial charge on any atom is -0.597 e. The van der Waals surface area contributed by atoms with Crippen molar-refractivity contribution in [2.75, 3.05) is 13.2 Å². The van der Waals surface area contributed by atoms with Gasteiger partial charge in [-0.15, -0.1) is 4.31 Å². The van der Waals surface area contributed by atoms with E-state index in [1.54, 1.807) is 6.92 Å². The fourth-order valence-corrected chi connectivity index (χ4v) is 4.27. The molecule has 1 aromatic carbocycles. The number of rotatable bonds is 5. The smallest absolute Gasteiger partial charge is 0.335 e. The van der Waals surface area contributed by atoms with E-state index < -0.39 is 16.1 Å². The van der Waals surface area contributed by atoms with Crippen molar-refractivity contribution in [3.8, 4) is 0 Å². The number of ether oxygens (including phenoxy) is 1. The standard InChI is InChI=1S/C19H26ClNO3S/c1-5-24-18(22)15-8-11-17(12-14-6-9-16(20)10-7-14)21(13-15)25(23)19(2,3)4/h6-10,17H,5,11-13H2,1-4H3/t17?,25-/m0/s1. The van der Waals surface area contributed by atoms with Gasteiger partial charge in [0.1, 0.15) is 4.75 Å². The first-order chi connectivity index (χ1) is 11.7. The average Bonchev–Trinajstić information content (AvgIpc) is 2.56. The first-order valence-corrected chi connectivity index (χ1v) is 10.00. The van der Waals surface area contributed by atoms with Crippen molar-refractivity contribution in [1.82, 2.24) is 4.31 Å². The van der Waals surface area contributed by atoms with Crippen molar-refractivity contribution in [2.45, 2.75) is 51.3 Å². The van der Waals surface area contributed by atoms with E-state index in [1.807, 2.05) is 55.4 Å². The Morgan fingerprint density at radius 1 is 1.36 bits per heavy atom. The fourth-order valence-electron chi connectivity index (χ4n) is 2.75. The van der Waals surface area contributed by atoms with E-state index in [-0.39, 0.29) is 12.0 Å². The van der Waals surface area contributed by atoms with Crippen molar-refractivity contribution in [3.05, 3.63) is 46.5 Å². The van der Waals surface area contributed by atoms with Gasteiger partial charge in [0.2, 0.25) is 0 Å². The van der Waals surface area contributed by atoms with Crippen LogP contribution in [0.3, 0.4) is 0 Å². The summed E-state index contributed by atoms with van der Waals surface area (Å²) in [6.07, 6.45) is 3.35. The van der Waals surface area contributed by atoms with Crippen LogP contribution >= 0.6 is 11.6 Å². The largest absolute Gasteiger partial charge is 0.597 e. The number of halogens is 1. The lowest BCUT2D eigenvalue weighted by atomic mass is 9.98. The van der Waals surface area contributed by atoms with Crippen LogP contribution in [0, 0.1) is 0 Å². The van der Waals surface area contributed by atoms with Crippen LogP contribution in [0.5, 0.6) is 0 Å². The second-order valence-corrected chi connectivity index (χ2v) is 9.74. The number of nitrogens with zero attached hydrogens (tertiary/aromatic N) is 1. The molecule has 1 aliphatic rings. The first kappa shape index (κ1) is 20.3. The Kier molecular flexibility index (Phi) is 6.97. The van der Waals surface area contributed by atoms with Crippen LogP contribution in [-0.2, 0) is 27.3 Å². The lowest BCUT2D eigenvalue weighted by molar-refractivity contribution is -0.138. The number of hydrogen-bond acceptors (Lipinski definition) is 4. The van der Waals surface area contributed by atoms with E-state index in [1.165, 1.54) is 0 Å². The van der Waals surface area contributed by atoms with Gasteiger partial charge in [-0.2, -0.15) is 0 Å². The van der Waals surface area contributed by atoms with E-state index in [4.69, 9.17) is 16.3 Å². The molecule has 0 N–H and O–H groups in total. The molecule has 25 heavy (non-hydrogen) atoms. The second-order valence-electron chi connectivity index (χ2n) is 7.11. The molecule has 0 bridgehead atoms. The van der Waals surface area contributed by atoms with Gasteiger partial charge >= 0.3 is 5.97 Å². The molecule has 0 spiro atoms. The van der Waals surface area contributed by atoms with Crippen molar-refractivity contribution in [1.29, 1.82) is 0 Å². The molecule has 0 aliphatic carbocycles. The van der Waals surface area contributed by atoms with Gasteiger partial charge in [-0.3, -0.25) is 0 Å². The summed E-state index contributed by atoms with van der Waals surface area (Å²) >= 11 is 4.74. The van der Waals surface area contributed by atoms with E-state index in [9.17, 15) is 9.35 Å². The number of carbonyl (C=O) groups is 1. The molecule has 0 saturated heterocycles. The minimum atomic E-state index is -1.21. The van der Waals surface area contributed by atoms with Crippen LogP contribution in [0.15, 0.2) is 35.9 Å². The molecular formula is C19H26ClNO3S. The molecule has 0 fully saturated rings. The van der Waals surface area contributed by atoms with E-state index in [0.717, 1.165) is 12.0 Å². The SMILES string of the molecule is CCOC(=O)C1=CCC(Cc2ccc(Cl)cc2)N([S@@+]([O-])C(C)(C)C)C1. The number of carbonyl (C=O) groups excluding carboxylic acids is 1. The molecule has 1 aromatic rings. The number of hydrogen-bond donors (Lipinski definition) is 0. The fraction of sp³-hybridized carbons (Fsp3) is 0.526. The van der Waals surface area contributed by atoms with Crippen molar-refractivity contribution < 1.29 is 14.1 Å². The summed E-state index contributed by atoms with van der Waals surface area (Å²) in [5, 5.41) is 0.701. The summed E-state index contributed by atoms with van der Waals surface area (Å²) in [6, 6.07) is 7.78. The molecule has 1 unspecified atom stereocenters. The third-order valence-corrected chi connectivity index (χ3v) is 6.18. The topological polar surface area (TPSA) is 52.6 Å². The Morgan fingerprint density at radius 2 is 2.00 bits per heavy atom. The van der Waals surface area contributed by atoms with Gasteiger partial charge in [0.25, 0.3) is 0 Å². The van der Waals surface area contributed by atoms with Gasteiger partial charge in [-0.25, -0.2) is 4.79 Å². The van der Waals surface area contributed by atoms with Crippen LogP contribution in [0.25, 0.3) is 0 Å². The Balaban J connectivity index is 2.22. The molecule has 0 aromatic heterocycles. The molecule has 0 radical (unpaired) electrons. The Bertz CT molecular complexity index is 625. The highest BCUT2D eigenvalue weighted by Gasteiger charge is 2.40. The van der Waals surface area contributed by atoms with Gasteiger partial charge in [0.15, 0.2) is 0 Å². The lowest BCUT2D eigenvalue weighted by Crippen LogP contribution is -2.51. The molecule has 1 aliphatic heterocycles. The molecule has 138 valence electrons. The van der Waals surface area contributed by atoms with Crippen molar-refractivity contribution in [3.63, 3.8) is 0 Å². The molecular weight excluding hydrogens is 358 g/mol. The molecule has 2 rings (SSSR count). The van der Waals surface area contributed by atoms with Crippen LogP contribution < -0.4 is 0 Å². The quantitative estimate of drug-likeness (QED) is 0.571. The van der Waals surface area contributed by atoms with Crippen LogP contribution in [0.4, 0.5) is 0 Å². The van der Waals surface area contributed by atoms with E-state index in [2.05, 4.69) is 0 Å². The zero-order chi connectivity index (χ0) is 18.6. The maximum atomic E-state index is 13.0. The van der Waals surface area contributed by atoms with Crippen LogP contribution in [0.2, 0.25) is 5.02 Å². The predicted octanol–water partition coefficient (Wildman–Crippen LogP) is 3.91. The van der Waals surface area contributed by atoms with Crippen LogP contribution in [-0.4, -0.2) is 38.8 Å². The molecule has 0 saturated carbocycles. The van der Waals surface area contributed by atoms with E-state index >= 15 is 0 Å². The highest BCUT2D eigenvalue weighted by atomic mass is 35.5. The third-order valence-electron chi connectivity index (χ3n) is 4.03.